The molecule has 0 saturated carbocycles. The van der Waals surface area contributed by atoms with Gasteiger partial charge in [0.15, 0.2) is 0 Å². The van der Waals surface area contributed by atoms with Crippen LogP contribution in [0.25, 0.3) is 0 Å². The van der Waals surface area contributed by atoms with Crippen LogP contribution in [-0.4, -0.2) is 41.4 Å². The highest BCUT2D eigenvalue weighted by Gasteiger charge is 2.33. The predicted octanol–water partition coefficient (Wildman–Crippen LogP) is -0.419. The highest BCUT2D eigenvalue weighted by Crippen LogP contribution is 2.21. The van der Waals surface area contributed by atoms with Gasteiger partial charge in [0.05, 0.1) is 12.6 Å². The van der Waals surface area contributed by atoms with Crippen molar-refractivity contribution in [1.29, 1.82) is 0 Å². The molecule has 13 heavy (non-hydrogen) atoms. The van der Waals surface area contributed by atoms with E-state index in [4.69, 9.17) is 5.11 Å². The molecule has 2 unspecified atom stereocenters. The number of aliphatic hydroxyl groups excluding tert-OH is 1. The van der Waals surface area contributed by atoms with Gasteiger partial charge in [0.2, 0.25) is 5.91 Å². The quantitative estimate of drug-likeness (QED) is 0.477. The minimum absolute atomic E-state index is 0.0933. The molecule has 1 amide bonds. The largest absolute Gasteiger partial charge is 0.394 e. The van der Waals surface area contributed by atoms with Gasteiger partial charge in [-0.25, -0.2) is 0 Å². The maximum absolute atomic E-state index is 11.2. The van der Waals surface area contributed by atoms with Gasteiger partial charge < -0.3 is 14.8 Å². The Morgan fingerprint density at radius 1 is 1.69 bits per heavy atom. The highest BCUT2D eigenvalue weighted by molar-refractivity contribution is 5.87. The fourth-order valence-corrected chi connectivity index (χ4v) is 1.61. The lowest BCUT2D eigenvalue weighted by molar-refractivity contribution is -0.127. The molecule has 1 aliphatic heterocycles. The Kier molecular flexibility index (Phi) is 3.19. The van der Waals surface area contributed by atoms with Gasteiger partial charge in [0.25, 0.3) is 0 Å². The second kappa shape index (κ2) is 4.18. The van der Waals surface area contributed by atoms with Gasteiger partial charge in [-0.1, -0.05) is 6.58 Å². The van der Waals surface area contributed by atoms with Crippen molar-refractivity contribution in [3.63, 3.8) is 0 Å². The summed E-state index contributed by atoms with van der Waals surface area (Å²) in [5, 5.41) is 8.95. The molecular weight excluding hydrogens is 170 g/mol. The lowest BCUT2D eigenvalue weighted by atomic mass is 10.1. The van der Waals surface area contributed by atoms with Crippen LogP contribution in [0.5, 0.6) is 0 Å². The topological polar surface area (TPSA) is 57.6 Å². The van der Waals surface area contributed by atoms with E-state index in [1.54, 1.807) is 0 Å². The van der Waals surface area contributed by atoms with Crippen molar-refractivity contribution in [2.24, 2.45) is 5.92 Å². The van der Waals surface area contributed by atoms with Crippen molar-refractivity contribution in [3.8, 4) is 0 Å². The molecule has 1 heterocycles. The van der Waals surface area contributed by atoms with Crippen LogP contribution in [0.4, 0.5) is 0 Å². The predicted molar refractivity (Wildman–Crippen MR) is 47.0 cm³/mol. The van der Waals surface area contributed by atoms with Gasteiger partial charge in [-0.2, -0.15) is 0 Å². The SMILES string of the molecule is C=CC(=O)N1CC(C=O)CC1CO. The van der Waals surface area contributed by atoms with Crippen LogP contribution in [0.1, 0.15) is 6.42 Å². The van der Waals surface area contributed by atoms with Gasteiger partial charge in [0.1, 0.15) is 6.29 Å². The fourth-order valence-electron chi connectivity index (χ4n) is 1.61. The number of carbonyl (C=O) groups excluding carboxylic acids is 2. The summed E-state index contributed by atoms with van der Waals surface area (Å²) in [6.45, 7) is 3.67. The first-order valence-corrected chi connectivity index (χ1v) is 4.22. The van der Waals surface area contributed by atoms with E-state index in [1.807, 2.05) is 0 Å². The van der Waals surface area contributed by atoms with E-state index in [1.165, 1.54) is 11.0 Å². The van der Waals surface area contributed by atoms with Crippen LogP contribution in [0.15, 0.2) is 12.7 Å². The molecule has 0 aromatic carbocycles. The molecule has 4 nitrogen and oxygen atoms in total. The maximum atomic E-state index is 11.2. The highest BCUT2D eigenvalue weighted by atomic mass is 16.3. The summed E-state index contributed by atoms with van der Waals surface area (Å²) in [5.74, 6) is -0.357. The number of carbonyl (C=O) groups is 2. The Balaban J connectivity index is 2.67. The minimum atomic E-state index is -0.222. The van der Waals surface area contributed by atoms with Crippen LogP contribution < -0.4 is 0 Å². The Labute approximate surface area is 76.8 Å². The van der Waals surface area contributed by atoms with Gasteiger partial charge >= 0.3 is 0 Å². The lowest BCUT2D eigenvalue weighted by Gasteiger charge is -2.20. The molecule has 1 saturated heterocycles. The Bertz CT molecular complexity index is 227. The molecule has 0 aromatic heterocycles. The molecule has 1 N–H and O–H groups in total. The van der Waals surface area contributed by atoms with E-state index in [9.17, 15) is 9.59 Å². The summed E-state index contributed by atoms with van der Waals surface area (Å²) in [7, 11) is 0. The van der Waals surface area contributed by atoms with Crippen molar-refractivity contribution in [2.75, 3.05) is 13.2 Å². The van der Waals surface area contributed by atoms with E-state index in [2.05, 4.69) is 6.58 Å². The molecule has 4 heteroatoms. The molecule has 0 spiro atoms. The van der Waals surface area contributed by atoms with Gasteiger partial charge in [-0.15, -0.1) is 0 Å². The number of amides is 1. The zero-order valence-electron chi connectivity index (χ0n) is 7.35. The summed E-state index contributed by atoms with van der Waals surface area (Å²) in [6.07, 6.45) is 2.59. The van der Waals surface area contributed by atoms with Crippen LogP contribution in [-0.2, 0) is 9.59 Å². The molecule has 1 fully saturated rings. The number of aldehydes is 1. The maximum Gasteiger partial charge on any atom is 0.246 e. The normalized spacial score (nSPS) is 27.3. The molecule has 0 radical (unpaired) electrons. The zero-order chi connectivity index (χ0) is 9.84. The first kappa shape index (κ1) is 9.92. The Hall–Kier alpha value is -1.16. The summed E-state index contributed by atoms with van der Waals surface area (Å²) in [5.41, 5.74) is 0. The van der Waals surface area contributed by atoms with E-state index < -0.39 is 0 Å². The second-order valence-electron chi connectivity index (χ2n) is 3.16. The van der Waals surface area contributed by atoms with Crippen molar-refractivity contribution in [3.05, 3.63) is 12.7 Å². The second-order valence-corrected chi connectivity index (χ2v) is 3.16. The van der Waals surface area contributed by atoms with Crippen LogP contribution in [0.3, 0.4) is 0 Å². The third-order valence-electron chi connectivity index (χ3n) is 2.31. The van der Waals surface area contributed by atoms with Crippen molar-refractivity contribution in [2.45, 2.75) is 12.5 Å². The average molecular weight is 183 g/mol. The first-order valence-electron chi connectivity index (χ1n) is 4.22. The number of aliphatic hydroxyl groups is 1. The van der Waals surface area contributed by atoms with Crippen LogP contribution >= 0.6 is 0 Å². The molecule has 0 aliphatic carbocycles. The number of hydrogen-bond acceptors (Lipinski definition) is 3. The Morgan fingerprint density at radius 2 is 2.38 bits per heavy atom. The van der Waals surface area contributed by atoms with Gasteiger partial charge in [-0.3, -0.25) is 4.79 Å². The zero-order valence-corrected chi connectivity index (χ0v) is 7.35. The van der Waals surface area contributed by atoms with E-state index in [-0.39, 0.29) is 24.5 Å². The van der Waals surface area contributed by atoms with E-state index >= 15 is 0 Å². The fraction of sp³-hybridized carbons (Fsp3) is 0.556. The van der Waals surface area contributed by atoms with Crippen LogP contribution in [0.2, 0.25) is 0 Å². The molecule has 72 valence electrons. The lowest BCUT2D eigenvalue weighted by Crippen LogP contribution is -2.36. The average Bonchev–Trinajstić information content (AvgIpc) is 2.59. The third kappa shape index (κ3) is 1.95. The van der Waals surface area contributed by atoms with Crippen LogP contribution in [0, 0.1) is 5.92 Å². The Morgan fingerprint density at radius 3 is 2.85 bits per heavy atom. The number of likely N-dealkylation sites (tertiary alicyclic amines) is 1. The van der Waals surface area contributed by atoms with Crippen molar-refractivity contribution < 1.29 is 14.7 Å². The summed E-state index contributed by atoms with van der Waals surface area (Å²) >= 11 is 0. The molecule has 1 aliphatic rings. The molecule has 2 atom stereocenters. The van der Waals surface area contributed by atoms with E-state index in [0.29, 0.717) is 13.0 Å². The molecule has 0 aromatic rings. The number of rotatable bonds is 3. The van der Waals surface area contributed by atoms with E-state index in [0.717, 1.165) is 6.29 Å². The molecule has 1 rings (SSSR count). The van der Waals surface area contributed by atoms with Crippen molar-refractivity contribution >= 4 is 12.2 Å². The first-order chi connectivity index (χ1) is 6.22. The monoisotopic (exact) mass is 183 g/mol. The number of nitrogens with zero attached hydrogens (tertiary/aromatic N) is 1. The number of hydrogen-bond donors (Lipinski definition) is 1. The summed E-state index contributed by atoms with van der Waals surface area (Å²) in [6, 6.07) is -0.222. The minimum Gasteiger partial charge on any atom is -0.394 e. The third-order valence-corrected chi connectivity index (χ3v) is 2.31. The van der Waals surface area contributed by atoms with Crippen molar-refractivity contribution in [1.82, 2.24) is 4.90 Å². The smallest absolute Gasteiger partial charge is 0.246 e. The van der Waals surface area contributed by atoms with Gasteiger partial charge in [0, 0.05) is 12.5 Å². The summed E-state index contributed by atoms with van der Waals surface area (Å²) < 4.78 is 0. The summed E-state index contributed by atoms with van der Waals surface area (Å²) in [4.78, 5) is 23.2. The molecular formula is C9H13NO3. The molecule has 0 bridgehead atoms. The standard InChI is InChI=1S/C9H13NO3/c1-2-9(13)10-4-7(5-11)3-8(10)6-12/h2,5,7-8,12H,1,3-4,6H2. The van der Waals surface area contributed by atoms with Gasteiger partial charge in [-0.05, 0) is 12.5 Å².